The predicted molar refractivity (Wildman–Crippen MR) is 184 cm³/mol. The Kier molecular flexibility index (Phi) is 9.16. The number of hydrogen-bond donors (Lipinski definition) is 0. The number of aromatic nitrogens is 2. The van der Waals surface area contributed by atoms with Crippen molar-refractivity contribution in [3.05, 3.63) is 82.9 Å². The van der Waals surface area contributed by atoms with Gasteiger partial charge < -0.3 is 13.9 Å². The zero-order valence-corrected chi connectivity index (χ0v) is 28.1. The number of benzene rings is 3. The molecule has 3 aromatic carbocycles. The number of pyridine rings is 1. The first-order valence-electron chi connectivity index (χ1n) is 16.8. The van der Waals surface area contributed by atoms with Gasteiger partial charge in [0.2, 0.25) is 11.8 Å². The molecule has 4 heterocycles. The predicted octanol–water partition coefficient (Wildman–Crippen LogP) is 8.89. The Morgan fingerprint density at radius 2 is 1.52 bits per heavy atom. The molecular weight excluding hydrogens is 610 g/mol. The molecule has 48 heavy (non-hydrogen) atoms. The maximum absolute atomic E-state index is 13.4. The standard InChI is InChI=1S/C39H42F2N4O3/c1-24-15-18-45(21-24)22-27-13-14-33(42-37(27)46-4)31-11-7-9-29(25(31)2)30-10-8-12-32(26(30)3)38-43-34-19-28(23-44-16-5-6-17-44)35(48-39(40)41)20-36(34)47-38/h7-14,19-20,24,39H,5-6,15-18,21-23H2,1-4H3. The second-order valence-electron chi connectivity index (χ2n) is 13.3. The number of ether oxygens (including phenoxy) is 2. The number of likely N-dealkylation sites (tertiary alicyclic amines) is 2. The maximum atomic E-state index is 13.4. The van der Waals surface area contributed by atoms with E-state index in [4.69, 9.17) is 23.9 Å². The van der Waals surface area contributed by atoms with Gasteiger partial charge >= 0.3 is 6.61 Å². The van der Waals surface area contributed by atoms with Crippen LogP contribution in [0.25, 0.3) is 44.9 Å². The van der Waals surface area contributed by atoms with Crippen LogP contribution in [0.1, 0.15) is 48.4 Å². The molecule has 2 fully saturated rings. The number of fused-ring (bicyclic) bond motifs is 1. The van der Waals surface area contributed by atoms with Crippen molar-refractivity contribution in [2.45, 2.75) is 59.7 Å². The summed E-state index contributed by atoms with van der Waals surface area (Å²) < 4.78 is 43.6. The lowest BCUT2D eigenvalue weighted by atomic mass is 9.90. The third-order valence-electron chi connectivity index (χ3n) is 9.88. The Labute approximate surface area is 280 Å². The summed E-state index contributed by atoms with van der Waals surface area (Å²) in [6.07, 6.45) is 3.44. The summed E-state index contributed by atoms with van der Waals surface area (Å²) in [6.45, 7) is 9.01. The van der Waals surface area contributed by atoms with Crippen LogP contribution < -0.4 is 9.47 Å². The van der Waals surface area contributed by atoms with Crippen LogP contribution in [0.4, 0.5) is 8.78 Å². The first-order chi connectivity index (χ1) is 23.3. The molecule has 1 atom stereocenters. The van der Waals surface area contributed by atoms with Crippen molar-refractivity contribution in [3.8, 4) is 45.5 Å². The minimum absolute atomic E-state index is 0.133. The summed E-state index contributed by atoms with van der Waals surface area (Å²) in [5.74, 6) is 1.95. The topological polar surface area (TPSA) is 63.9 Å². The zero-order valence-electron chi connectivity index (χ0n) is 28.1. The molecule has 0 bridgehead atoms. The maximum Gasteiger partial charge on any atom is 0.387 e. The number of oxazole rings is 1. The lowest BCUT2D eigenvalue weighted by Crippen LogP contribution is -2.20. The Balaban J connectivity index is 1.21. The molecule has 0 aliphatic carbocycles. The zero-order chi connectivity index (χ0) is 33.4. The number of nitrogens with zero attached hydrogens (tertiary/aromatic N) is 4. The van der Waals surface area contributed by atoms with Crippen LogP contribution in [0.3, 0.4) is 0 Å². The second-order valence-corrected chi connectivity index (χ2v) is 13.3. The van der Waals surface area contributed by atoms with Crippen molar-refractivity contribution >= 4 is 11.1 Å². The summed E-state index contributed by atoms with van der Waals surface area (Å²) >= 11 is 0. The number of rotatable bonds is 10. The second kappa shape index (κ2) is 13.6. The van der Waals surface area contributed by atoms with Crippen molar-refractivity contribution < 1.29 is 22.7 Å². The van der Waals surface area contributed by atoms with Crippen LogP contribution in [0.5, 0.6) is 11.6 Å². The molecule has 2 aliphatic rings. The first kappa shape index (κ1) is 32.2. The highest BCUT2D eigenvalue weighted by molar-refractivity contribution is 5.84. The third kappa shape index (κ3) is 6.54. The molecule has 0 spiro atoms. The quantitative estimate of drug-likeness (QED) is 0.149. The van der Waals surface area contributed by atoms with E-state index in [1.165, 1.54) is 6.42 Å². The van der Waals surface area contributed by atoms with Crippen molar-refractivity contribution in [2.24, 2.45) is 5.92 Å². The molecule has 2 saturated heterocycles. The minimum Gasteiger partial charge on any atom is -0.481 e. The Morgan fingerprint density at radius 3 is 2.21 bits per heavy atom. The smallest absolute Gasteiger partial charge is 0.387 e. The molecule has 7 rings (SSSR count). The van der Waals surface area contributed by atoms with Gasteiger partial charge in [0.1, 0.15) is 11.3 Å². The van der Waals surface area contributed by atoms with Gasteiger partial charge in [-0.05, 0) is 99.1 Å². The van der Waals surface area contributed by atoms with Gasteiger partial charge in [0.05, 0.1) is 12.8 Å². The van der Waals surface area contributed by atoms with E-state index in [1.807, 2.05) is 18.2 Å². The minimum atomic E-state index is -2.92. The van der Waals surface area contributed by atoms with E-state index in [0.717, 1.165) is 96.1 Å². The van der Waals surface area contributed by atoms with Crippen LogP contribution >= 0.6 is 0 Å². The van der Waals surface area contributed by atoms with Crippen LogP contribution in [0.2, 0.25) is 0 Å². The largest absolute Gasteiger partial charge is 0.481 e. The normalized spacial score (nSPS) is 17.2. The molecule has 0 saturated carbocycles. The summed E-state index contributed by atoms with van der Waals surface area (Å²) in [5.41, 5.74) is 9.80. The van der Waals surface area contributed by atoms with E-state index >= 15 is 0 Å². The number of halogens is 2. The molecule has 0 amide bonds. The van der Waals surface area contributed by atoms with Crippen LogP contribution in [-0.2, 0) is 13.1 Å². The average Bonchev–Trinajstić information content (AvgIpc) is 3.83. The molecule has 0 radical (unpaired) electrons. The van der Waals surface area contributed by atoms with E-state index in [-0.39, 0.29) is 5.75 Å². The highest BCUT2D eigenvalue weighted by Crippen LogP contribution is 2.39. The van der Waals surface area contributed by atoms with Crippen LogP contribution in [0, 0.1) is 19.8 Å². The van der Waals surface area contributed by atoms with Crippen molar-refractivity contribution in [1.29, 1.82) is 0 Å². The fraction of sp³-hybridized carbons (Fsp3) is 0.385. The van der Waals surface area contributed by atoms with Crippen molar-refractivity contribution in [3.63, 3.8) is 0 Å². The lowest BCUT2D eigenvalue weighted by Gasteiger charge is -2.18. The molecule has 250 valence electrons. The van der Waals surface area contributed by atoms with E-state index in [9.17, 15) is 8.78 Å². The SMILES string of the molecule is COc1nc(-c2cccc(-c3cccc(-c4nc5cc(CN6CCCC6)c(OC(F)F)cc5o4)c3C)c2C)ccc1CN1CCC(C)C1. The summed E-state index contributed by atoms with van der Waals surface area (Å²) in [4.78, 5) is 14.5. The third-order valence-corrected chi connectivity index (χ3v) is 9.88. The van der Waals surface area contributed by atoms with E-state index in [2.05, 4.69) is 67.0 Å². The van der Waals surface area contributed by atoms with Crippen molar-refractivity contribution in [2.75, 3.05) is 33.3 Å². The van der Waals surface area contributed by atoms with Gasteiger partial charge in [-0.2, -0.15) is 8.78 Å². The molecule has 2 aliphatic heterocycles. The molecule has 1 unspecified atom stereocenters. The van der Waals surface area contributed by atoms with Gasteiger partial charge in [-0.15, -0.1) is 0 Å². The van der Waals surface area contributed by atoms with E-state index < -0.39 is 6.61 Å². The number of alkyl halides is 2. The Morgan fingerprint density at radius 1 is 0.833 bits per heavy atom. The van der Waals surface area contributed by atoms with Gasteiger partial charge in [-0.1, -0.05) is 43.3 Å². The van der Waals surface area contributed by atoms with Gasteiger partial charge in [0.25, 0.3) is 0 Å². The fourth-order valence-corrected chi connectivity index (χ4v) is 7.32. The number of hydrogen-bond acceptors (Lipinski definition) is 7. The number of methoxy groups -OCH3 is 1. The summed E-state index contributed by atoms with van der Waals surface area (Å²) in [6, 6.07) is 20.0. The van der Waals surface area contributed by atoms with E-state index in [1.54, 1.807) is 13.2 Å². The van der Waals surface area contributed by atoms with E-state index in [0.29, 0.717) is 35.0 Å². The molecular formula is C39H42F2N4O3. The van der Waals surface area contributed by atoms with Crippen molar-refractivity contribution in [1.82, 2.24) is 19.8 Å². The highest BCUT2D eigenvalue weighted by atomic mass is 19.3. The van der Waals surface area contributed by atoms with Crippen LogP contribution in [0.15, 0.2) is 65.1 Å². The molecule has 2 aromatic heterocycles. The Bertz CT molecular complexity index is 1930. The fourth-order valence-electron chi connectivity index (χ4n) is 7.32. The first-order valence-corrected chi connectivity index (χ1v) is 16.8. The van der Waals surface area contributed by atoms with Gasteiger partial charge in [-0.3, -0.25) is 9.80 Å². The molecule has 5 aromatic rings. The summed E-state index contributed by atoms with van der Waals surface area (Å²) in [5, 5.41) is 0. The molecule has 0 N–H and O–H groups in total. The highest BCUT2D eigenvalue weighted by Gasteiger charge is 2.23. The van der Waals surface area contributed by atoms with Gasteiger partial charge in [-0.25, -0.2) is 9.97 Å². The summed E-state index contributed by atoms with van der Waals surface area (Å²) in [7, 11) is 1.69. The Hall–Kier alpha value is -4.34. The monoisotopic (exact) mass is 652 g/mol. The lowest BCUT2D eigenvalue weighted by molar-refractivity contribution is -0.0506. The van der Waals surface area contributed by atoms with Crippen LogP contribution in [-0.4, -0.2) is 59.7 Å². The van der Waals surface area contributed by atoms with Gasteiger partial charge in [0, 0.05) is 48.0 Å². The van der Waals surface area contributed by atoms with Gasteiger partial charge in [0.15, 0.2) is 5.58 Å². The average molecular weight is 653 g/mol. The molecule has 9 heteroatoms. The molecule has 7 nitrogen and oxygen atoms in total.